The summed E-state index contributed by atoms with van der Waals surface area (Å²) >= 11 is 3.32. The lowest BCUT2D eigenvalue weighted by Crippen LogP contribution is -2.02. The van der Waals surface area contributed by atoms with E-state index >= 15 is 0 Å². The molecule has 0 amide bonds. The van der Waals surface area contributed by atoms with Crippen LogP contribution in [0, 0.1) is 0 Å². The number of hydrogen-bond donors (Lipinski definition) is 0. The molecule has 1 heterocycles. The number of aromatic nitrogens is 2. The number of benzene rings is 1. The fraction of sp³-hybridized carbons (Fsp3) is 0.250. The standard InChI is InChI=1S/C12H13BrN2O2/c1-16-10-4-3-9(11(7-10)17-2)8-15-6-5-12(13)14-15/h3-7H,8H2,1-2H3. The Morgan fingerprint density at radius 2 is 2.06 bits per heavy atom. The van der Waals surface area contributed by atoms with Gasteiger partial charge in [0, 0.05) is 17.8 Å². The van der Waals surface area contributed by atoms with Crippen molar-refractivity contribution >= 4 is 15.9 Å². The van der Waals surface area contributed by atoms with Crippen molar-refractivity contribution in [3.05, 3.63) is 40.6 Å². The van der Waals surface area contributed by atoms with Crippen molar-refractivity contribution in [1.82, 2.24) is 9.78 Å². The van der Waals surface area contributed by atoms with E-state index in [-0.39, 0.29) is 0 Å². The van der Waals surface area contributed by atoms with Crippen LogP contribution in [-0.2, 0) is 6.54 Å². The maximum atomic E-state index is 5.33. The Labute approximate surface area is 108 Å². The van der Waals surface area contributed by atoms with Crippen molar-refractivity contribution in [2.24, 2.45) is 0 Å². The Bertz CT molecular complexity index is 511. The maximum Gasteiger partial charge on any atom is 0.128 e. The highest BCUT2D eigenvalue weighted by molar-refractivity contribution is 9.10. The molecule has 0 radical (unpaired) electrons. The zero-order valence-corrected chi connectivity index (χ0v) is 11.3. The summed E-state index contributed by atoms with van der Waals surface area (Å²) in [7, 11) is 3.29. The molecule has 0 N–H and O–H groups in total. The third-order valence-electron chi connectivity index (χ3n) is 2.43. The molecule has 0 aliphatic rings. The maximum absolute atomic E-state index is 5.33. The first-order valence-electron chi connectivity index (χ1n) is 5.13. The van der Waals surface area contributed by atoms with E-state index in [1.807, 2.05) is 35.1 Å². The molecular weight excluding hydrogens is 284 g/mol. The van der Waals surface area contributed by atoms with Crippen molar-refractivity contribution < 1.29 is 9.47 Å². The van der Waals surface area contributed by atoms with Gasteiger partial charge in [-0.15, -0.1) is 0 Å². The average molecular weight is 297 g/mol. The van der Waals surface area contributed by atoms with E-state index in [2.05, 4.69) is 21.0 Å². The minimum absolute atomic E-state index is 0.665. The van der Waals surface area contributed by atoms with Gasteiger partial charge in [0.25, 0.3) is 0 Å². The SMILES string of the molecule is COc1ccc(Cn2ccc(Br)n2)c(OC)c1. The number of rotatable bonds is 4. The monoisotopic (exact) mass is 296 g/mol. The normalized spacial score (nSPS) is 10.3. The summed E-state index contributed by atoms with van der Waals surface area (Å²) in [6, 6.07) is 7.66. The van der Waals surface area contributed by atoms with Crippen LogP contribution in [0.5, 0.6) is 11.5 Å². The molecule has 17 heavy (non-hydrogen) atoms. The van der Waals surface area contributed by atoms with Gasteiger partial charge < -0.3 is 9.47 Å². The van der Waals surface area contributed by atoms with Gasteiger partial charge in [-0.1, -0.05) is 0 Å². The molecule has 0 aliphatic heterocycles. The summed E-state index contributed by atoms with van der Waals surface area (Å²) in [5.41, 5.74) is 1.06. The third-order valence-corrected chi connectivity index (χ3v) is 2.86. The molecule has 0 atom stereocenters. The number of halogens is 1. The Morgan fingerprint density at radius 1 is 1.24 bits per heavy atom. The van der Waals surface area contributed by atoms with Gasteiger partial charge in [0.2, 0.25) is 0 Å². The summed E-state index contributed by atoms with van der Waals surface area (Å²) in [5, 5.41) is 4.27. The first-order chi connectivity index (χ1) is 8.22. The quantitative estimate of drug-likeness (QED) is 0.870. The Kier molecular flexibility index (Phi) is 3.68. The fourth-order valence-corrected chi connectivity index (χ4v) is 1.90. The minimum Gasteiger partial charge on any atom is -0.497 e. The van der Waals surface area contributed by atoms with Crippen molar-refractivity contribution in [2.45, 2.75) is 6.54 Å². The Morgan fingerprint density at radius 3 is 2.65 bits per heavy atom. The molecule has 5 heteroatoms. The highest BCUT2D eigenvalue weighted by Gasteiger charge is 2.06. The third kappa shape index (κ3) is 2.79. The molecule has 0 spiro atoms. The summed E-state index contributed by atoms with van der Waals surface area (Å²) in [6.07, 6.45) is 1.91. The molecule has 0 unspecified atom stereocenters. The predicted molar refractivity (Wildman–Crippen MR) is 68.6 cm³/mol. The second kappa shape index (κ2) is 5.23. The number of hydrogen-bond acceptors (Lipinski definition) is 3. The van der Waals surface area contributed by atoms with Crippen LogP contribution in [0.2, 0.25) is 0 Å². The van der Waals surface area contributed by atoms with Crippen LogP contribution in [0.3, 0.4) is 0 Å². The summed E-state index contributed by atoms with van der Waals surface area (Å²) < 4.78 is 13.2. The molecule has 0 aliphatic carbocycles. The van der Waals surface area contributed by atoms with Crippen molar-refractivity contribution in [3.8, 4) is 11.5 Å². The first kappa shape index (κ1) is 12.0. The van der Waals surface area contributed by atoms with Gasteiger partial charge in [-0.3, -0.25) is 4.68 Å². The van der Waals surface area contributed by atoms with E-state index in [0.29, 0.717) is 6.54 Å². The first-order valence-corrected chi connectivity index (χ1v) is 5.92. The van der Waals surface area contributed by atoms with Crippen molar-refractivity contribution in [2.75, 3.05) is 14.2 Å². The summed E-state index contributed by atoms with van der Waals surface area (Å²) in [4.78, 5) is 0. The largest absolute Gasteiger partial charge is 0.497 e. The molecule has 0 fully saturated rings. The average Bonchev–Trinajstić information content (AvgIpc) is 2.75. The molecular formula is C12H13BrN2O2. The van der Waals surface area contributed by atoms with Crippen molar-refractivity contribution in [1.29, 1.82) is 0 Å². The van der Waals surface area contributed by atoms with E-state index in [4.69, 9.17) is 9.47 Å². The molecule has 2 aromatic rings. The lowest BCUT2D eigenvalue weighted by molar-refractivity contribution is 0.389. The van der Waals surface area contributed by atoms with Crippen LogP contribution >= 0.6 is 15.9 Å². The van der Waals surface area contributed by atoms with Gasteiger partial charge in [-0.2, -0.15) is 5.10 Å². The molecule has 90 valence electrons. The van der Waals surface area contributed by atoms with Crippen LogP contribution in [0.25, 0.3) is 0 Å². The van der Waals surface area contributed by atoms with E-state index in [9.17, 15) is 0 Å². The van der Waals surface area contributed by atoms with E-state index in [1.165, 1.54) is 0 Å². The van der Waals surface area contributed by atoms with Gasteiger partial charge in [-0.25, -0.2) is 0 Å². The molecule has 1 aromatic carbocycles. The van der Waals surface area contributed by atoms with Gasteiger partial charge in [0.05, 0.1) is 20.8 Å². The highest BCUT2D eigenvalue weighted by atomic mass is 79.9. The molecule has 1 aromatic heterocycles. The lowest BCUT2D eigenvalue weighted by Gasteiger charge is -2.10. The van der Waals surface area contributed by atoms with Gasteiger partial charge in [0.1, 0.15) is 16.1 Å². The minimum atomic E-state index is 0.665. The number of ether oxygens (including phenoxy) is 2. The zero-order chi connectivity index (χ0) is 12.3. The van der Waals surface area contributed by atoms with E-state index in [0.717, 1.165) is 21.7 Å². The van der Waals surface area contributed by atoms with Crippen LogP contribution in [0.15, 0.2) is 35.1 Å². The number of methoxy groups -OCH3 is 2. The molecule has 0 bridgehead atoms. The molecule has 4 nitrogen and oxygen atoms in total. The topological polar surface area (TPSA) is 36.3 Å². The Balaban J connectivity index is 2.26. The second-order valence-corrected chi connectivity index (χ2v) is 4.33. The highest BCUT2D eigenvalue weighted by Crippen LogP contribution is 2.25. The van der Waals surface area contributed by atoms with Gasteiger partial charge in [-0.05, 0) is 34.1 Å². The van der Waals surface area contributed by atoms with Crippen LogP contribution in [0.1, 0.15) is 5.56 Å². The predicted octanol–water partition coefficient (Wildman–Crippen LogP) is 2.71. The summed E-state index contributed by atoms with van der Waals surface area (Å²) in [6.45, 7) is 0.665. The summed E-state index contributed by atoms with van der Waals surface area (Å²) in [5.74, 6) is 1.59. The van der Waals surface area contributed by atoms with Crippen molar-refractivity contribution in [3.63, 3.8) is 0 Å². The van der Waals surface area contributed by atoms with Crippen LogP contribution < -0.4 is 9.47 Å². The van der Waals surface area contributed by atoms with Gasteiger partial charge >= 0.3 is 0 Å². The smallest absolute Gasteiger partial charge is 0.128 e. The second-order valence-electron chi connectivity index (χ2n) is 3.51. The fourth-order valence-electron chi connectivity index (χ4n) is 1.58. The van der Waals surface area contributed by atoms with Crippen LogP contribution in [-0.4, -0.2) is 24.0 Å². The Hall–Kier alpha value is -1.49. The van der Waals surface area contributed by atoms with E-state index < -0.39 is 0 Å². The van der Waals surface area contributed by atoms with Gasteiger partial charge in [0.15, 0.2) is 0 Å². The van der Waals surface area contributed by atoms with Crippen LogP contribution in [0.4, 0.5) is 0 Å². The lowest BCUT2D eigenvalue weighted by atomic mass is 10.2. The zero-order valence-electron chi connectivity index (χ0n) is 9.68. The molecule has 2 rings (SSSR count). The number of nitrogens with zero attached hydrogens (tertiary/aromatic N) is 2. The molecule has 0 saturated carbocycles. The van der Waals surface area contributed by atoms with E-state index in [1.54, 1.807) is 14.2 Å². The molecule has 0 saturated heterocycles.